The van der Waals surface area contributed by atoms with Crippen molar-refractivity contribution in [1.29, 1.82) is 0 Å². The van der Waals surface area contributed by atoms with Gasteiger partial charge in [0.2, 0.25) is 0 Å². The van der Waals surface area contributed by atoms with Crippen molar-refractivity contribution in [2.24, 2.45) is 0 Å². The SMILES string of the molecule is Cc1ncc2c(n1)C[C@H]1CC[C@@H]2N1Cc1ccccc1Cl. The van der Waals surface area contributed by atoms with E-state index in [2.05, 4.69) is 27.0 Å². The zero-order valence-corrected chi connectivity index (χ0v) is 12.8. The van der Waals surface area contributed by atoms with Crippen molar-refractivity contribution in [2.75, 3.05) is 0 Å². The highest BCUT2D eigenvalue weighted by atomic mass is 35.5. The van der Waals surface area contributed by atoms with Crippen LogP contribution in [-0.2, 0) is 13.0 Å². The van der Waals surface area contributed by atoms with Gasteiger partial charge >= 0.3 is 0 Å². The van der Waals surface area contributed by atoms with Gasteiger partial charge in [0, 0.05) is 41.8 Å². The molecule has 2 aliphatic heterocycles. The Balaban J connectivity index is 1.67. The molecular formula is C17H18ClN3. The first-order chi connectivity index (χ1) is 10.2. The van der Waals surface area contributed by atoms with Gasteiger partial charge in [0.1, 0.15) is 5.82 Å². The van der Waals surface area contributed by atoms with Gasteiger partial charge in [0.25, 0.3) is 0 Å². The molecule has 0 amide bonds. The topological polar surface area (TPSA) is 29.0 Å². The predicted octanol–water partition coefficient (Wildman–Crippen LogP) is 3.70. The summed E-state index contributed by atoms with van der Waals surface area (Å²) in [5.74, 6) is 0.882. The molecule has 1 aromatic carbocycles. The zero-order valence-electron chi connectivity index (χ0n) is 12.1. The lowest BCUT2D eigenvalue weighted by Crippen LogP contribution is -2.37. The Kier molecular flexibility index (Phi) is 3.20. The lowest BCUT2D eigenvalue weighted by molar-refractivity contribution is 0.166. The molecule has 21 heavy (non-hydrogen) atoms. The maximum absolute atomic E-state index is 6.33. The van der Waals surface area contributed by atoms with Crippen LogP contribution >= 0.6 is 11.6 Å². The number of benzene rings is 1. The van der Waals surface area contributed by atoms with Crippen LogP contribution in [0.2, 0.25) is 5.02 Å². The van der Waals surface area contributed by atoms with Gasteiger partial charge in [-0.25, -0.2) is 9.97 Å². The molecule has 1 aromatic heterocycles. The van der Waals surface area contributed by atoms with E-state index in [0.29, 0.717) is 12.1 Å². The van der Waals surface area contributed by atoms with Gasteiger partial charge in [-0.15, -0.1) is 0 Å². The van der Waals surface area contributed by atoms with Gasteiger partial charge in [0.05, 0.1) is 5.69 Å². The molecule has 1 fully saturated rings. The highest BCUT2D eigenvalue weighted by Crippen LogP contribution is 2.43. The molecule has 0 N–H and O–H groups in total. The molecule has 3 nitrogen and oxygen atoms in total. The Labute approximate surface area is 130 Å². The van der Waals surface area contributed by atoms with E-state index in [1.54, 1.807) is 0 Å². The monoisotopic (exact) mass is 299 g/mol. The van der Waals surface area contributed by atoms with Crippen molar-refractivity contribution in [1.82, 2.24) is 14.9 Å². The summed E-state index contributed by atoms with van der Waals surface area (Å²) in [7, 11) is 0. The van der Waals surface area contributed by atoms with Crippen molar-refractivity contribution in [3.63, 3.8) is 0 Å². The minimum absolute atomic E-state index is 0.454. The summed E-state index contributed by atoms with van der Waals surface area (Å²) in [6.45, 7) is 2.89. The van der Waals surface area contributed by atoms with Crippen molar-refractivity contribution in [2.45, 2.75) is 44.8 Å². The molecule has 4 heteroatoms. The Hall–Kier alpha value is -1.45. The molecule has 2 atom stereocenters. The zero-order chi connectivity index (χ0) is 14.4. The second-order valence-electron chi connectivity index (χ2n) is 6.03. The molecule has 4 rings (SSSR count). The second kappa shape index (κ2) is 5.08. The minimum Gasteiger partial charge on any atom is -0.289 e. The number of aryl methyl sites for hydroxylation is 1. The molecule has 0 aliphatic carbocycles. The molecule has 3 heterocycles. The van der Waals surface area contributed by atoms with Crippen molar-refractivity contribution >= 4 is 11.6 Å². The lowest BCUT2D eigenvalue weighted by Gasteiger charge is -2.35. The Morgan fingerprint density at radius 3 is 3.00 bits per heavy atom. The number of hydrogen-bond donors (Lipinski definition) is 0. The van der Waals surface area contributed by atoms with E-state index in [1.807, 2.05) is 25.3 Å². The van der Waals surface area contributed by atoms with E-state index >= 15 is 0 Å². The standard InChI is InChI=1S/C17H18ClN3/c1-11-19-9-14-16(20-11)8-13-6-7-17(14)21(13)10-12-4-2-3-5-15(12)18/h2-5,9,13,17H,6-8,10H2,1H3/t13-,17+/m1/s1. The molecule has 0 unspecified atom stereocenters. The average molecular weight is 300 g/mol. The van der Waals surface area contributed by atoms with E-state index in [0.717, 1.165) is 23.8 Å². The third-order valence-electron chi connectivity index (χ3n) is 4.76. The van der Waals surface area contributed by atoms with Crippen molar-refractivity contribution in [3.8, 4) is 0 Å². The van der Waals surface area contributed by atoms with Crippen molar-refractivity contribution < 1.29 is 0 Å². The summed E-state index contributed by atoms with van der Waals surface area (Å²) in [6, 6.07) is 9.20. The minimum atomic E-state index is 0.454. The van der Waals surface area contributed by atoms with Gasteiger partial charge in [-0.3, -0.25) is 4.90 Å². The van der Waals surface area contributed by atoms with Crippen molar-refractivity contribution in [3.05, 3.63) is 58.1 Å². The van der Waals surface area contributed by atoms with E-state index < -0.39 is 0 Å². The van der Waals surface area contributed by atoms with Crippen LogP contribution in [0.4, 0.5) is 0 Å². The summed E-state index contributed by atoms with van der Waals surface area (Å²) in [5, 5.41) is 0.864. The first-order valence-corrected chi connectivity index (χ1v) is 7.92. The summed E-state index contributed by atoms with van der Waals surface area (Å²) in [5.41, 5.74) is 3.79. The molecule has 2 aliphatic rings. The summed E-state index contributed by atoms with van der Waals surface area (Å²) in [6.07, 6.45) is 5.52. The van der Waals surface area contributed by atoms with Crippen LogP contribution in [-0.4, -0.2) is 20.9 Å². The molecular weight excluding hydrogens is 282 g/mol. The Bertz CT molecular complexity index is 685. The summed E-state index contributed by atoms with van der Waals surface area (Å²) < 4.78 is 0. The van der Waals surface area contributed by atoms with E-state index in [1.165, 1.54) is 29.7 Å². The van der Waals surface area contributed by atoms with Crippen LogP contribution in [0.1, 0.15) is 41.5 Å². The predicted molar refractivity (Wildman–Crippen MR) is 83.2 cm³/mol. The number of rotatable bonds is 2. The lowest BCUT2D eigenvalue weighted by atomic mass is 9.98. The number of hydrogen-bond acceptors (Lipinski definition) is 3. The van der Waals surface area contributed by atoms with Crippen LogP contribution in [0.5, 0.6) is 0 Å². The fourth-order valence-corrected chi connectivity index (χ4v) is 3.94. The van der Waals surface area contributed by atoms with Crippen LogP contribution in [0.25, 0.3) is 0 Å². The van der Waals surface area contributed by atoms with Gasteiger partial charge in [0.15, 0.2) is 0 Å². The number of fused-ring (bicyclic) bond motifs is 4. The highest BCUT2D eigenvalue weighted by Gasteiger charge is 2.40. The number of nitrogens with zero attached hydrogens (tertiary/aromatic N) is 3. The Morgan fingerprint density at radius 1 is 1.29 bits per heavy atom. The highest BCUT2D eigenvalue weighted by molar-refractivity contribution is 6.31. The summed E-state index contributed by atoms with van der Waals surface area (Å²) in [4.78, 5) is 11.6. The van der Waals surface area contributed by atoms with E-state index in [-0.39, 0.29) is 0 Å². The molecule has 0 saturated carbocycles. The Morgan fingerprint density at radius 2 is 2.14 bits per heavy atom. The first-order valence-electron chi connectivity index (χ1n) is 7.54. The number of aromatic nitrogens is 2. The normalized spacial score (nSPS) is 24.1. The van der Waals surface area contributed by atoms with Crippen LogP contribution < -0.4 is 0 Å². The molecule has 1 saturated heterocycles. The fraction of sp³-hybridized carbons (Fsp3) is 0.412. The maximum Gasteiger partial charge on any atom is 0.125 e. The fourth-order valence-electron chi connectivity index (χ4n) is 3.74. The van der Waals surface area contributed by atoms with Gasteiger partial charge in [-0.2, -0.15) is 0 Å². The van der Waals surface area contributed by atoms with Gasteiger partial charge < -0.3 is 0 Å². The smallest absolute Gasteiger partial charge is 0.125 e. The third kappa shape index (κ3) is 2.25. The third-order valence-corrected chi connectivity index (χ3v) is 5.13. The summed E-state index contributed by atoms with van der Waals surface area (Å²) >= 11 is 6.33. The largest absolute Gasteiger partial charge is 0.289 e. The molecule has 0 spiro atoms. The van der Waals surface area contributed by atoms with Gasteiger partial charge in [-0.1, -0.05) is 29.8 Å². The second-order valence-corrected chi connectivity index (χ2v) is 6.44. The van der Waals surface area contributed by atoms with E-state index in [9.17, 15) is 0 Å². The molecule has 0 radical (unpaired) electrons. The number of halogens is 1. The van der Waals surface area contributed by atoms with Crippen LogP contribution in [0.15, 0.2) is 30.5 Å². The molecule has 108 valence electrons. The molecule has 2 aromatic rings. The van der Waals surface area contributed by atoms with Crippen LogP contribution in [0.3, 0.4) is 0 Å². The van der Waals surface area contributed by atoms with E-state index in [4.69, 9.17) is 11.6 Å². The maximum atomic E-state index is 6.33. The van der Waals surface area contributed by atoms with Gasteiger partial charge in [-0.05, 0) is 31.4 Å². The van der Waals surface area contributed by atoms with Crippen LogP contribution in [0, 0.1) is 6.92 Å². The first kappa shape index (κ1) is 13.2. The quantitative estimate of drug-likeness (QED) is 0.846. The molecule has 2 bridgehead atoms. The average Bonchev–Trinajstić information content (AvgIpc) is 2.75.